The molecule has 1 spiro atoms. The first-order valence-electron chi connectivity index (χ1n) is 5.98. The molecule has 16 heavy (non-hydrogen) atoms. The predicted molar refractivity (Wildman–Crippen MR) is 61.1 cm³/mol. The van der Waals surface area contributed by atoms with Crippen molar-refractivity contribution < 1.29 is 5.11 Å². The molecule has 3 rings (SSSR count). The smallest absolute Gasteiger partial charge is 0.115 e. The standard InChI is InChI=1S/C14H15NO/c15-9-11-5-7-14(11)6-1-2-10-3-4-12(16)8-13(10)14/h3-4,8,11,16H,1-2,5-7H2/t11-,14+/m0/s1. The van der Waals surface area contributed by atoms with E-state index < -0.39 is 0 Å². The Hall–Kier alpha value is -1.49. The molecule has 1 saturated carbocycles. The summed E-state index contributed by atoms with van der Waals surface area (Å²) >= 11 is 0. The molecule has 0 unspecified atom stereocenters. The van der Waals surface area contributed by atoms with E-state index in [9.17, 15) is 10.4 Å². The van der Waals surface area contributed by atoms with Gasteiger partial charge in [-0.1, -0.05) is 6.07 Å². The van der Waals surface area contributed by atoms with Crippen LogP contribution in [-0.4, -0.2) is 5.11 Å². The molecule has 1 fully saturated rings. The number of phenolic OH excluding ortho intramolecular Hbond substituents is 1. The third-order valence-electron chi connectivity index (χ3n) is 4.40. The molecule has 82 valence electrons. The van der Waals surface area contributed by atoms with Crippen LogP contribution in [0.15, 0.2) is 18.2 Å². The van der Waals surface area contributed by atoms with Crippen LogP contribution in [0.4, 0.5) is 0 Å². The van der Waals surface area contributed by atoms with Gasteiger partial charge in [-0.3, -0.25) is 0 Å². The van der Waals surface area contributed by atoms with Crippen molar-refractivity contribution in [3.05, 3.63) is 29.3 Å². The van der Waals surface area contributed by atoms with Crippen LogP contribution in [0.2, 0.25) is 0 Å². The zero-order chi connectivity index (χ0) is 11.2. The van der Waals surface area contributed by atoms with Gasteiger partial charge >= 0.3 is 0 Å². The van der Waals surface area contributed by atoms with Crippen molar-refractivity contribution >= 4 is 0 Å². The van der Waals surface area contributed by atoms with E-state index in [4.69, 9.17) is 0 Å². The van der Waals surface area contributed by atoms with Gasteiger partial charge in [0.1, 0.15) is 5.75 Å². The van der Waals surface area contributed by atoms with Crippen LogP contribution < -0.4 is 0 Å². The lowest BCUT2D eigenvalue weighted by Gasteiger charge is -2.50. The fourth-order valence-electron chi connectivity index (χ4n) is 3.42. The first kappa shape index (κ1) is 9.72. The number of hydrogen-bond acceptors (Lipinski definition) is 2. The summed E-state index contributed by atoms with van der Waals surface area (Å²) in [7, 11) is 0. The molecule has 2 atom stereocenters. The van der Waals surface area contributed by atoms with Crippen molar-refractivity contribution in [3.8, 4) is 11.8 Å². The number of rotatable bonds is 0. The number of nitriles is 1. The number of phenols is 1. The molecule has 2 aliphatic rings. The molecule has 1 aromatic carbocycles. The van der Waals surface area contributed by atoms with Crippen LogP contribution >= 0.6 is 0 Å². The second-order valence-corrected chi connectivity index (χ2v) is 5.07. The molecular weight excluding hydrogens is 198 g/mol. The largest absolute Gasteiger partial charge is 0.508 e. The molecule has 0 bridgehead atoms. The van der Waals surface area contributed by atoms with E-state index in [2.05, 4.69) is 6.07 Å². The quantitative estimate of drug-likeness (QED) is 0.720. The minimum Gasteiger partial charge on any atom is -0.508 e. The molecule has 1 N–H and O–H groups in total. The Labute approximate surface area is 95.5 Å². The lowest BCUT2D eigenvalue weighted by atomic mass is 9.52. The number of nitrogens with zero attached hydrogens (tertiary/aromatic N) is 1. The van der Waals surface area contributed by atoms with E-state index in [0.29, 0.717) is 5.75 Å². The highest BCUT2D eigenvalue weighted by atomic mass is 16.3. The van der Waals surface area contributed by atoms with E-state index in [1.165, 1.54) is 17.5 Å². The van der Waals surface area contributed by atoms with Gasteiger partial charge < -0.3 is 5.11 Å². The van der Waals surface area contributed by atoms with Crippen LogP contribution in [0.25, 0.3) is 0 Å². The Bertz CT molecular complexity index is 474. The number of fused-ring (bicyclic) bond motifs is 2. The summed E-state index contributed by atoms with van der Waals surface area (Å²) in [4.78, 5) is 0. The van der Waals surface area contributed by atoms with E-state index in [0.717, 1.165) is 25.7 Å². The summed E-state index contributed by atoms with van der Waals surface area (Å²) in [5.74, 6) is 0.497. The highest BCUT2D eigenvalue weighted by Gasteiger charge is 2.50. The molecule has 0 aliphatic heterocycles. The van der Waals surface area contributed by atoms with Gasteiger partial charge in [-0.25, -0.2) is 0 Å². The Morgan fingerprint density at radius 3 is 2.94 bits per heavy atom. The Balaban J connectivity index is 2.13. The fourth-order valence-corrected chi connectivity index (χ4v) is 3.42. The van der Waals surface area contributed by atoms with Crippen LogP contribution in [0.5, 0.6) is 5.75 Å². The molecule has 0 saturated heterocycles. The highest BCUT2D eigenvalue weighted by molar-refractivity contribution is 5.45. The minimum absolute atomic E-state index is 0.0705. The van der Waals surface area contributed by atoms with Gasteiger partial charge in [0, 0.05) is 5.41 Å². The fraction of sp³-hybridized carbons (Fsp3) is 0.500. The second kappa shape index (κ2) is 3.25. The molecule has 2 nitrogen and oxygen atoms in total. The number of hydrogen-bond donors (Lipinski definition) is 1. The van der Waals surface area contributed by atoms with Crippen LogP contribution in [0.3, 0.4) is 0 Å². The first-order chi connectivity index (χ1) is 7.76. The van der Waals surface area contributed by atoms with Crippen LogP contribution in [-0.2, 0) is 11.8 Å². The summed E-state index contributed by atoms with van der Waals surface area (Å²) in [6.07, 6.45) is 5.51. The monoisotopic (exact) mass is 213 g/mol. The van der Waals surface area contributed by atoms with Gasteiger partial charge in [-0.05, 0) is 55.4 Å². The minimum atomic E-state index is 0.0705. The summed E-state index contributed by atoms with van der Waals surface area (Å²) < 4.78 is 0. The normalized spacial score (nSPS) is 31.6. The van der Waals surface area contributed by atoms with E-state index in [-0.39, 0.29) is 11.3 Å². The maximum Gasteiger partial charge on any atom is 0.115 e. The van der Waals surface area contributed by atoms with Crippen molar-refractivity contribution in [1.29, 1.82) is 5.26 Å². The summed E-state index contributed by atoms with van der Waals surface area (Å²) in [5.41, 5.74) is 2.65. The van der Waals surface area contributed by atoms with Gasteiger partial charge in [-0.2, -0.15) is 5.26 Å². The van der Waals surface area contributed by atoms with Gasteiger partial charge in [0.2, 0.25) is 0 Å². The molecule has 0 radical (unpaired) electrons. The zero-order valence-corrected chi connectivity index (χ0v) is 9.24. The van der Waals surface area contributed by atoms with Crippen molar-refractivity contribution in [2.24, 2.45) is 5.92 Å². The molecule has 2 aliphatic carbocycles. The van der Waals surface area contributed by atoms with Crippen LogP contribution in [0.1, 0.15) is 36.8 Å². The topological polar surface area (TPSA) is 44.0 Å². The predicted octanol–water partition coefficient (Wildman–Crippen LogP) is 2.90. The van der Waals surface area contributed by atoms with Crippen molar-refractivity contribution in [2.45, 2.75) is 37.5 Å². The number of aryl methyl sites for hydroxylation is 1. The maximum atomic E-state index is 9.62. The Morgan fingerprint density at radius 1 is 1.38 bits per heavy atom. The van der Waals surface area contributed by atoms with Gasteiger partial charge in [-0.15, -0.1) is 0 Å². The third kappa shape index (κ3) is 1.12. The lowest BCUT2D eigenvalue weighted by Crippen LogP contribution is -2.46. The molecule has 1 aromatic rings. The third-order valence-corrected chi connectivity index (χ3v) is 4.40. The van der Waals surface area contributed by atoms with E-state index >= 15 is 0 Å². The Morgan fingerprint density at radius 2 is 2.25 bits per heavy atom. The summed E-state index contributed by atoms with van der Waals surface area (Å²) in [6.45, 7) is 0. The highest BCUT2D eigenvalue weighted by Crippen LogP contribution is 2.55. The number of benzene rings is 1. The zero-order valence-electron chi connectivity index (χ0n) is 9.24. The average molecular weight is 213 g/mol. The van der Waals surface area contributed by atoms with Crippen LogP contribution in [0, 0.1) is 17.2 Å². The lowest BCUT2D eigenvalue weighted by molar-refractivity contribution is 0.143. The maximum absolute atomic E-state index is 9.62. The van der Waals surface area contributed by atoms with E-state index in [1.807, 2.05) is 12.1 Å². The summed E-state index contributed by atoms with van der Waals surface area (Å²) in [5, 5.41) is 18.8. The van der Waals surface area contributed by atoms with Gasteiger partial charge in [0.25, 0.3) is 0 Å². The molecule has 0 heterocycles. The Kier molecular flexibility index (Phi) is 1.97. The van der Waals surface area contributed by atoms with Gasteiger partial charge in [0.05, 0.1) is 12.0 Å². The first-order valence-corrected chi connectivity index (χ1v) is 5.98. The van der Waals surface area contributed by atoms with Crippen molar-refractivity contribution in [1.82, 2.24) is 0 Å². The van der Waals surface area contributed by atoms with Gasteiger partial charge in [0.15, 0.2) is 0 Å². The molecule has 0 amide bonds. The molecular formula is C14H15NO. The number of aromatic hydroxyl groups is 1. The average Bonchev–Trinajstić information content (AvgIpc) is 2.27. The molecule has 2 heteroatoms. The SMILES string of the molecule is N#C[C@@H]1CC[C@]12CCCc1ccc(O)cc12. The molecule has 0 aromatic heterocycles. The van der Waals surface area contributed by atoms with Crippen molar-refractivity contribution in [2.75, 3.05) is 0 Å². The van der Waals surface area contributed by atoms with E-state index in [1.54, 1.807) is 6.07 Å². The second-order valence-electron chi connectivity index (χ2n) is 5.07. The van der Waals surface area contributed by atoms with Crippen molar-refractivity contribution in [3.63, 3.8) is 0 Å². The summed E-state index contributed by atoms with van der Waals surface area (Å²) in [6, 6.07) is 8.12.